The van der Waals surface area contributed by atoms with Crippen LogP contribution in [0.1, 0.15) is 19.4 Å². The molecule has 0 atom stereocenters. The highest BCUT2D eigenvalue weighted by Crippen LogP contribution is 2.16. The van der Waals surface area contributed by atoms with Crippen molar-refractivity contribution in [2.24, 2.45) is 0 Å². The zero-order valence-electron chi connectivity index (χ0n) is 10.9. The van der Waals surface area contributed by atoms with Crippen molar-refractivity contribution in [2.75, 3.05) is 18.5 Å². The number of ether oxygens (including phenoxy) is 1. The Morgan fingerprint density at radius 1 is 1.53 bits per heavy atom. The Labute approximate surface area is 111 Å². The Hall–Kier alpha value is -1.90. The summed E-state index contributed by atoms with van der Waals surface area (Å²) in [5.41, 5.74) is 0.701. The number of aliphatic hydroxyl groups excluding tert-OH is 1. The lowest BCUT2D eigenvalue weighted by atomic mass is 10.1. The molecule has 1 aromatic rings. The smallest absolute Gasteiger partial charge is 0.250 e. The highest BCUT2D eigenvalue weighted by atomic mass is 19.1. The predicted molar refractivity (Wildman–Crippen MR) is 70.1 cm³/mol. The van der Waals surface area contributed by atoms with E-state index in [0.29, 0.717) is 11.3 Å². The van der Waals surface area contributed by atoms with Crippen molar-refractivity contribution < 1.29 is 19.0 Å². The molecule has 0 saturated carbocycles. The average Bonchev–Trinajstić information content (AvgIpc) is 2.36. The normalized spacial score (nSPS) is 9.95. The minimum atomic E-state index is -0.460. The molecule has 102 valence electrons. The van der Waals surface area contributed by atoms with Crippen molar-refractivity contribution in [1.82, 2.24) is 0 Å². The molecule has 2 N–H and O–H groups in total. The minimum Gasteiger partial charge on any atom is -0.384 e. The fraction of sp³-hybridized carbons (Fsp3) is 0.357. The first-order valence-electron chi connectivity index (χ1n) is 5.83. The van der Waals surface area contributed by atoms with Gasteiger partial charge in [-0.1, -0.05) is 11.8 Å². The summed E-state index contributed by atoms with van der Waals surface area (Å²) < 4.78 is 18.3. The van der Waals surface area contributed by atoms with E-state index in [4.69, 9.17) is 9.84 Å². The first-order valence-corrected chi connectivity index (χ1v) is 5.83. The minimum absolute atomic E-state index is 0.0485. The van der Waals surface area contributed by atoms with Crippen LogP contribution in [0.25, 0.3) is 0 Å². The maximum atomic E-state index is 13.1. The summed E-state index contributed by atoms with van der Waals surface area (Å²) in [7, 11) is 0. The largest absolute Gasteiger partial charge is 0.384 e. The van der Waals surface area contributed by atoms with Gasteiger partial charge in [0.05, 0.1) is 17.4 Å². The lowest BCUT2D eigenvalue weighted by Crippen LogP contribution is -2.21. The molecule has 0 aliphatic rings. The van der Waals surface area contributed by atoms with Gasteiger partial charge in [0.2, 0.25) is 5.91 Å². The molecule has 1 amide bonds. The second-order valence-corrected chi connectivity index (χ2v) is 4.06. The maximum Gasteiger partial charge on any atom is 0.250 e. The van der Waals surface area contributed by atoms with Crippen molar-refractivity contribution in [3.05, 3.63) is 29.6 Å². The van der Waals surface area contributed by atoms with E-state index in [1.807, 2.05) is 13.8 Å². The molecule has 0 radical (unpaired) electrons. The van der Waals surface area contributed by atoms with Gasteiger partial charge in [0.1, 0.15) is 19.0 Å². The van der Waals surface area contributed by atoms with E-state index in [0.717, 1.165) is 0 Å². The van der Waals surface area contributed by atoms with E-state index in [1.54, 1.807) is 0 Å². The number of amides is 1. The SMILES string of the molecule is CC(C)OCC(=O)Nc1ccc(F)cc1C#CCO. The second kappa shape index (κ2) is 7.52. The zero-order valence-corrected chi connectivity index (χ0v) is 10.9. The van der Waals surface area contributed by atoms with Crippen molar-refractivity contribution in [3.63, 3.8) is 0 Å². The Morgan fingerprint density at radius 2 is 2.26 bits per heavy atom. The van der Waals surface area contributed by atoms with Gasteiger partial charge in [0.15, 0.2) is 0 Å². The third-order valence-electron chi connectivity index (χ3n) is 2.11. The van der Waals surface area contributed by atoms with E-state index in [1.165, 1.54) is 18.2 Å². The van der Waals surface area contributed by atoms with Crippen LogP contribution in [0.2, 0.25) is 0 Å². The van der Waals surface area contributed by atoms with E-state index < -0.39 is 5.82 Å². The number of hydrogen-bond donors (Lipinski definition) is 2. The third kappa shape index (κ3) is 5.51. The number of benzene rings is 1. The van der Waals surface area contributed by atoms with E-state index >= 15 is 0 Å². The van der Waals surface area contributed by atoms with Gasteiger partial charge in [0.25, 0.3) is 0 Å². The quantitative estimate of drug-likeness (QED) is 0.812. The number of carbonyl (C=O) groups is 1. The molecule has 19 heavy (non-hydrogen) atoms. The third-order valence-corrected chi connectivity index (χ3v) is 2.11. The molecule has 0 saturated heterocycles. The number of halogens is 1. The highest BCUT2D eigenvalue weighted by Gasteiger charge is 2.08. The number of aliphatic hydroxyl groups is 1. The van der Waals surface area contributed by atoms with Gasteiger partial charge < -0.3 is 15.2 Å². The van der Waals surface area contributed by atoms with Crippen LogP contribution in [0.3, 0.4) is 0 Å². The molecule has 0 aromatic heterocycles. The Balaban J connectivity index is 2.79. The van der Waals surface area contributed by atoms with Crippen LogP contribution >= 0.6 is 0 Å². The fourth-order valence-electron chi connectivity index (χ4n) is 1.29. The molecule has 4 nitrogen and oxygen atoms in total. The van der Waals surface area contributed by atoms with Gasteiger partial charge in [-0.15, -0.1) is 0 Å². The van der Waals surface area contributed by atoms with Crippen LogP contribution in [-0.4, -0.2) is 30.3 Å². The van der Waals surface area contributed by atoms with Gasteiger partial charge in [-0.05, 0) is 32.0 Å². The van der Waals surface area contributed by atoms with Gasteiger partial charge in [0, 0.05) is 0 Å². The number of anilines is 1. The molecular formula is C14H16FNO3. The van der Waals surface area contributed by atoms with Crippen molar-refractivity contribution >= 4 is 11.6 Å². The molecule has 0 aliphatic heterocycles. The average molecular weight is 265 g/mol. The van der Waals surface area contributed by atoms with E-state index in [-0.39, 0.29) is 25.2 Å². The molecule has 0 unspecified atom stereocenters. The number of carbonyl (C=O) groups excluding carboxylic acids is 1. The first-order chi connectivity index (χ1) is 9.02. The predicted octanol–water partition coefficient (Wildman–Crippen LogP) is 1.53. The standard InChI is InChI=1S/C14H16FNO3/c1-10(2)19-9-14(18)16-13-6-5-12(15)8-11(13)4-3-7-17/h5-6,8,10,17H,7,9H2,1-2H3,(H,16,18). The lowest BCUT2D eigenvalue weighted by molar-refractivity contribution is -0.121. The number of nitrogens with one attached hydrogen (secondary N) is 1. The second-order valence-electron chi connectivity index (χ2n) is 4.06. The number of hydrogen-bond acceptors (Lipinski definition) is 3. The molecule has 0 heterocycles. The summed E-state index contributed by atoms with van der Waals surface area (Å²) in [6, 6.07) is 3.84. The summed E-state index contributed by atoms with van der Waals surface area (Å²) in [5, 5.41) is 11.2. The summed E-state index contributed by atoms with van der Waals surface area (Å²) in [4.78, 5) is 11.6. The van der Waals surface area contributed by atoms with E-state index in [2.05, 4.69) is 17.2 Å². The van der Waals surface area contributed by atoms with Crippen molar-refractivity contribution in [3.8, 4) is 11.8 Å². The van der Waals surface area contributed by atoms with Gasteiger partial charge in [-0.25, -0.2) is 4.39 Å². The first kappa shape index (κ1) is 15.2. The Kier molecular flexibility index (Phi) is 6.00. The molecule has 1 aromatic carbocycles. The van der Waals surface area contributed by atoms with Crippen LogP contribution in [0.5, 0.6) is 0 Å². The summed E-state index contributed by atoms with van der Waals surface area (Å²) >= 11 is 0. The summed E-state index contributed by atoms with van der Waals surface area (Å²) in [6.45, 7) is 3.23. The zero-order chi connectivity index (χ0) is 14.3. The maximum absolute atomic E-state index is 13.1. The molecule has 5 heteroatoms. The fourth-order valence-corrected chi connectivity index (χ4v) is 1.29. The molecule has 0 aliphatic carbocycles. The lowest BCUT2D eigenvalue weighted by Gasteiger charge is -2.10. The topological polar surface area (TPSA) is 58.6 Å². The Morgan fingerprint density at radius 3 is 2.89 bits per heavy atom. The van der Waals surface area contributed by atoms with Crippen molar-refractivity contribution in [1.29, 1.82) is 0 Å². The Bertz CT molecular complexity index is 503. The summed E-state index contributed by atoms with van der Waals surface area (Å²) in [6.07, 6.45) is -0.0485. The highest BCUT2D eigenvalue weighted by molar-refractivity contribution is 5.93. The molecule has 0 bridgehead atoms. The van der Waals surface area contributed by atoms with Gasteiger partial charge in [-0.2, -0.15) is 0 Å². The van der Waals surface area contributed by atoms with Crippen LogP contribution in [0.4, 0.5) is 10.1 Å². The van der Waals surface area contributed by atoms with Crippen LogP contribution in [0.15, 0.2) is 18.2 Å². The molecular weight excluding hydrogens is 249 g/mol. The van der Waals surface area contributed by atoms with Crippen LogP contribution < -0.4 is 5.32 Å². The molecule has 0 fully saturated rings. The molecule has 0 spiro atoms. The monoisotopic (exact) mass is 265 g/mol. The van der Waals surface area contributed by atoms with Crippen molar-refractivity contribution in [2.45, 2.75) is 20.0 Å². The molecule has 1 rings (SSSR count). The summed E-state index contributed by atoms with van der Waals surface area (Å²) in [5.74, 6) is 4.19. The van der Waals surface area contributed by atoms with Gasteiger partial charge in [-0.3, -0.25) is 4.79 Å². The van der Waals surface area contributed by atoms with Crippen LogP contribution in [0, 0.1) is 17.7 Å². The van der Waals surface area contributed by atoms with E-state index in [9.17, 15) is 9.18 Å². The number of rotatable bonds is 4. The van der Waals surface area contributed by atoms with Gasteiger partial charge >= 0.3 is 0 Å². The van der Waals surface area contributed by atoms with Crippen LogP contribution in [-0.2, 0) is 9.53 Å².